The molecule has 0 aliphatic carbocycles. The van der Waals surface area contributed by atoms with E-state index in [4.69, 9.17) is 9.47 Å². The fourth-order valence-electron chi connectivity index (χ4n) is 3.03. The van der Waals surface area contributed by atoms with Gasteiger partial charge in [0.25, 0.3) is 5.91 Å². The van der Waals surface area contributed by atoms with Crippen molar-refractivity contribution in [3.05, 3.63) is 83.9 Å². The summed E-state index contributed by atoms with van der Waals surface area (Å²) < 4.78 is 36.3. The molecular formula is C23H24N2O5S. The van der Waals surface area contributed by atoms with Crippen LogP contribution < -0.4 is 19.1 Å². The molecule has 0 saturated heterocycles. The monoisotopic (exact) mass is 440 g/mol. The van der Waals surface area contributed by atoms with Gasteiger partial charge in [-0.1, -0.05) is 30.3 Å². The topological polar surface area (TPSA) is 84.9 Å². The van der Waals surface area contributed by atoms with E-state index in [-0.39, 0.29) is 12.5 Å². The van der Waals surface area contributed by atoms with E-state index in [1.165, 1.54) is 17.7 Å². The van der Waals surface area contributed by atoms with Crippen molar-refractivity contribution in [1.29, 1.82) is 0 Å². The van der Waals surface area contributed by atoms with Gasteiger partial charge in [0.2, 0.25) is 10.0 Å². The first kappa shape index (κ1) is 22.2. The molecular weight excluding hydrogens is 416 g/mol. The lowest BCUT2D eigenvalue weighted by atomic mass is 10.1. The summed E-state index contributed by atoms with van der Waals surface area (Å²) in [6.45, 7) is 0.161. The summed E-state index contributed by atoms with van der Waals surface area (Å²) in [5.74, 6) is 0.784. The molecule has 0 radical (unpaired) electrons. The van der Waals surface area contributed by atoms with Crippen LogP contribution in [0.3, 0.4) is 0 Å². The number of sulfonamides is 1. The van der Waals surface area contributed by atoms with Crippen LogP contribution in [-0.4, -0.2) is 34.8 Å². The van der Waals surface area contributed by atoms with Gasteiger partial charge in [0.15, 0.2) is 0 Å². The highest BCUT2D eigenvalue weighted by molar-refractivity contribution is 7.92. The molecule has 0 spiro atoms. The van der Waals surface area contributed by atoms with Crippen molar-refractivity contribution in [2.24, 2.45) is 0 Å². The van der Waals surface area contributed by atoms with E-state index in [2.05, 4.69) is 5.32 Å². The third-order valence-corrected chi connectivity index (χ3v) is 5.78. The molecule has 0 heterocycles. The Morgan fingerprint density at radius 3 is 2.19 bits per heavy atom. The molecule has 3 aromatic rings. The number of ether oxygens (including phenoxy) is 2. The van der Waals surface area contributed by atoms with E-state index < -0.39 is 10.0 Å². The van der Waals surface area contributed by atoms with Crippen LogP contribution in [0.5, 0.6) is 11.5 Å². The van der Waals surface area contributed by atoms with Crippen LogP contribution in [0.25, 0.3) is 0 Å². The number of amides is 1. The Bertz CT molecular complexity index is 1150. The van der Waals surface area contributed by atoms with Gasteiger partial charge in [0.1, 0.15) is 11.5 Å². The van der Waals surface area contributed by atoms with E-state index in [0.29, 0.717) is 28.4 Å². The van der Waals surface area contributed by atoms with E-state index in [1.54, 1.807) is 73.8 Å². The zero-order chi connectivity index (χ0) is 22.4. The van der Waals surface area contributed by atoms with Gasteiger partial charge in [-0.25, -0.2) is 8.42 Å². The van der Waals surface area contributed by atoms with Crippen molar-refractivity contribution in [2.75, 3.05) is 30.1 Å². The first-order chi connectivity index (χ1) is 14.8. The van der Waals surface area contributed by atoms with Crippen molar-refractivity contribution < 1.29 is 22.7 Å². The predicted molar refractivity (Wildman–Crippen MR) is 121 cm³/mol. The van der Waals surface area contributed by atoms with Crippen LogP contribution in [0.15, 0.2) is 72.8 Å². The first-order valence-electron chi connectivity index (χ1n) is 9.47. The molecule has 1 amide bonds. The minimum atomic E-state index is -3.47. The summed E-state index contributed by atoms with van der Waals surface area (Å²) in [5, 5.41) is 2.81. The van der Waals surface area contributed by atoms with Crippen LogP contribution in [0, 0.1) is 0 Å². The average Bonchev–Trinajstić information content (AvgIpc) is 2.77. The van der Waals surface area contributed by atoms with E-state index in [1.807, 2.05) is 6.07 Å². The number of para-hydroxylation sites is 1. The average molecular weight is 441 g/mol. The molecule has 1 N–H and O–H groups in total. The maximum atomic E-state index is 12.7. The van der Waals surface area contributed by atoms with Gasteiger partial charge in [0.05, 0.1) is 38.4 Å². The number of hydrogen-bond acceptors (Lipinski definition) is 5. The number of hydrogen-bond donors (Lipinski definition) is 1. The smallest absolute Gasteiger partial charge is 0.255 e. The third-order valence-electron chi connectivity index (χ3n) is 4.64. The number of methoxy groups -OCH3 is 2. The maximum absolute atomic E-state index is 12.7. The lowest BCUT2D eigenvalue weighted by Crippen LogP contribution is -2.29. The second kappa shape index (κ2) is 9.53. The third kappa shape index (κ3) is 5.55. The van der Waals surface area contributed by atoms with Crippen LogP contribution in [0.4, 0.5) is 11.4 Å². The van der Waals surface area contributed by atoms with Gasteiger partial charge in [-0.15, -0.1) is 0 Å². The normalized spacial score (nSPS) is 10.9. The molecule has 3 aromatic carbocycles. The zero-order valence-electron chi connectivity index (χ0n) is 17.5. The SMILES string of the molecule is COc1ccc(OC)c(NC(=O)c2ccc(CN(c3ccccc3)S(C)(=O)=O)cc2)c1. The Labute approximate surface area is 182 Å². The fourth-order valence-corrected chi connectivity index (χ4v) is 3.92. The highest BCUT2D eigenvalue weighted by atomic mass is 32.2. The van der Waals surface area contributed by atoms with Gasteiger partial charge in [-0.05, 0) is 42.0 Å². The van der Waals surface area contributed by atoms with Crippen molar-refractivity contribution in [3.8, 4) is 11.5 Å². The second-order valence-corrected chi connectivity index (χ2v) is 8.73. The number of carbonyl (C=O) groups is 1. The summed E-state index contributed by atoms with van der Waals surface area (Å²) in [6.07, 6.45) is 1.17. The maximum Gasteiger partial charge on any atom is 0.255 e. The molecule has 8 heteroatoms. The van der Waals surface area contributed by atoms with E-state index >= 15 is 0 Å². The van der Waals surface area contributed by atoms with Gasteiger partial charge in [0, 0.05) is 11.6 Å². The number of nitrogens with zero attached hydrogens (tertiary/aromatic N) is 1. The van der Waals surface area contributed by atoms with E-state index in [0.717, 1.165) is 5.56 Å². The molecule has 7 nitrogen and oxygen atoms in total. The lowest BCUT2D eigenvalue weighted by Gasteiger charge is -2.22. The van der Waals surface area contributed by atoms with E-state index in [9.17, 15) is 13.2 Å². The second-order valence-electron chi connectivity index (χ2n) is 6.82. The minimum Gasteiger partial charge on any atom is -0.497 e. The van der Waals surface area contributed by atoms with Crippen LogP contribution in [0.1, 0.15) is 15.9 Å². The standard InChI is InChI=1S/C23H24N2O5S/c1-29-20-13-14-22(30-2)21(15-20)24-23(26)18-11-9-17(10-12-18)16-25(31(3,27)28)19-7-5-4-6-8-19/h4-15H,16H2,1-3H3,(H,24,26). The summed E-state index contributed by atoms with van der Waals surface area (Å²) >= 11 is 0. The molecule has 0 unspecified atom stereocenters. The highest BCUT2D eigenvalue weighted by Crippen LogP contribution is 2.29. The summed E-state index contributed by atoms with van der Waals surface area (Å²) in [4.78, 5) is 12.7. The van der Waals surface area contributed by atoms with Gasteiger partial charge in [-0.3, -0.25) is 9.10 Å². The van der Waals surface area contributed by atoms with Crippen LogP contribution in [0.2, 0.25) is 0 Å². The number of rotatable bonds is 8. The molecule has 0 saturated carbocycles. The number of carbonyl (C=O) groups excluding carboxylic acids is 1. The largest absolute Gasteiger partial charge is 0.497 e. The summed E-state index contributed by atoms with van der Waals surface area (Å²) in [6, 6.07) is 20.8. The van der Waals surface area contributed by atoms with Gasteiger partial charge >= 0.3 is 0 Å². The molecule has 0 aliphatic rings. The predicted octanol–water partition coefficient (Wildman–Crippen LogP) is 3.92. The Balaban J connectivity index is 1.77. The quantitative estimate of drug-likeness (QED) is 0.574. The molecule has 3 rings (SSSR count). The number of nitrogens with one attached hydrogen (secondary N) is 1. The lowest BCUT2D eigenvalue weighted by molar-refractivity contribution is 0.102. The Kier molecular flexibility index (Phi) is 6.81. The molecule has 0 atom stereocenters. The van der Waals surface area contributed by atoms with Crippen LogP contribution in [-0.2, 0) is 16.6 Å². The first-order valence-corrected chi connectivity index (χ1v) is 11.3. The molecule has 162 valence electrons. The van der Waals surface area contributed by atoms with Gasteiger partial charge in [-0.2, -0.15) is 0 Å². The Hall–Kier alpha value is -3.52. The number of benzene rings is 3. The van der Waals surface area contributed by atoms with Crippen molar-refractivity contribution in [1.82, 2.24) is 0 Å². The van der Waals surface area contributed by atoms with Crippen molar-refractivity contribution in [2.45, 2.75) is 6.54 Å². The summed E-state index contributed by atoms with van der Waals surface area (Å²) in [5.41, 5.74) is 2.25. The van der Waals surface area contributed by atoms with Crippen LogP contribution >= 0.6 is 0 Å². The Morgan fingerprint density at radius 2 is 1.61 bits per heavy atom. The fraction of sp³-hybridized carbons (Fsp3) is 0.174. The highest BCUT2D eigenvalue weighted by Gasteiger charge is 2.18. The molecule has 0 bridgehead atoms. The molecule has 0 aliphatic heterocycles. The molecule has 0 fully saturated rings. The van der Waals surface area contributed by atoms with Crippen molar-refractivity contribution >= 4 is 27.3 Å². The number of anilines is 2. The molecule has 0 aromatic heterocycles. The van der Waals surface area contributed by atoms with Crippen molar-refractivity contribution in [3.63, 3.8) is 0 Å². The summed E-state index contributed by atoms with van der Waals surface area (Å²) in [7, 11) is -0.406. The zero-order valence-corrected chi connectivity index (χ0v) is 18.3. The molecule has 31 heavy (non-hydrogen) atoms. The Morgan fingerprint density at radius 1 is 0.935 bits per heavy atom. The van der Waals surface area contributed by atoms with Gasteiger partial charge < -0.3 is 14.8 Å². The minimum absolute atomic E-state index is 0.161.